The van der Waals surface area contributed by atoms with Gasteiger partial charge in [0.05, 0.1) is 0 Å². The number of aryl methyl sites for hydroxylation is 3. The van der Waals surface area contributed by atoms with Crippen molar-refractivity contribution in [2.45, 2.75) is 51.4 Å². The Balaban J connectivity index is 1.77. The van der Waals surface area contributed by atoms with Crippen LogP contribution in [0, 0.1) is 19.8 Å². The normalized spacial score (nSPS) is 13.0. The molecule has 3 heteroatoms. The number of fused-ring (bicyclic) bond motifs is 5. The summed E-state index contributed by atoms with van der Waals surface area (Å²) in [6.07, 6.45) is 3.22. The molecule has 0 bridgehead atoms. The van der Waals surface area contributed by atoms with Gasteiger partial charge in [0.15, 0.2) is 0 Å². The zero-order valence-corrected chi connectivity index (χ0v) is 24.9. The maximum absolute atomic E-state index is 6.99. The van der Waals surface area contributed by atoms with Crippen molar-refractivity contribution in [1.29, 1.82) is 0 Å². The van der Waals surface area contributed by atoms with Gasteiger partial charge in [-0.15, -0.1) is 0 Å². The molecule has 1 aliphatic heterocycles. The number of benzene rings is 4. The molecule has 2 nitrogen and oxygen atoms in total. The number of pyridine rings is 1. The Kier molecular flexibility index (Phi) is 5.28. The minimum atomic E-state index is -1.96. The van der Waals surface area contributed by atoms with E-state index in [1.54, 1.807) is 0 Å². The molecule has 2 heterocycles. The van der Waals surface area contributed by atoms with Gasteiger partial charge in [-0.2, -0.15) is 0 Å². The Labute approximate surface area is 217 Å². The van der Waals surface area contributed by atoms with E-state index >= 15 is 0 Å². The van der Waals surface area contributed by atoms with Crippen LogP contribution in [-0.2, 0) is 13.5 Å². The van der Waals surface area contributed by atoms with Gasteiger partial charge in [0, 0.05) is 0 Å². The van der Waals surface area contributed by atoms with Crippen molar-refractivity contribution < 1.29 is 9.30 Å². The second kappa shape index (κ2) is 8.08. The summed E-state index contributed by atoms with van der Waals surface area (Å²) in [6, 6.07) is 18.6. The molecule has 0 radical (unpaired) electrons. The Bertz CT molecular complexity index is 1720. The summed E-state index contributed by atoms with van der Waals surface area (Å²) >= 11 is -1.96. The molecule has 36 heavy (non-hydrogen) atoms. The van der Waals surface area contributed by atoms with Crippen molar-refractivity contribution in [2.75, 3.05) is 0 Å². The first kappa shape index (κ1) is 23.5. The van der Waals surface area contributed by atoms with Crippen LogP contribution < -0.4 is 13.7 Å². The van der Waals surface area contributed by atoms with Gasteiger partial charge in [0.2, 0.25) is 0 Å². The molecule has 4 aromatic carbocycles. The average Bonchev–Trinajstić information content (AvgIpc) is 2.81. The third-order valence-corrected chi connectivity index (χ3v) is 12.2. The molecular weight excluding hydrogens is 499 g/mol. The SMILES string of the molecule is Cc1ccc2c(CC(C)C)c3c(c(C)c2c1)-c1c2c(cc4c[c]([Ge]([CH3])([CH3])[CH3])ccc4c2cc[n+]1C)O3. The van der Waals surface area contributed by atoms with Crippen LogP contribution in [0.2, 0.25) is 17.3 Å². The number of ether oxygens (including phenoxy) is 1. The van der Waals surface area contributed by atoms with E-state index < -0.39 is 13.3 Å². The first-order valence-corrected chi connectivity index (χ1v) is 20.5. The number of hydrogen-bond acceptors (Lipinski definition) is 1. The zero-order chi connectivity index (χ0) is 25.5. The topological polar surface area (TPSA) is 13.1 Å². The summed E-state index contributed by atoms with van der Waals surface area (Å²) in [5.41, 5.74) is 6.47. The molecule has 0 saturated heterocycles. The fourth-order valence-electron chi connectivity index (χ4n) is 6.04. The average molecular weight is 535 g/mol. The van der Waals surface area contributed by atoms with Crippen LogP contribution in [0.25, 0.3) is 43.6 Å². The van der Waals surface area contributed by atoms with Crippen molar-refractivity contribution in [2.24, 2.45) is 13.0 Å². The van der Waals surface area contributed by atoms with Gasteiger partial charge in [-0.3, -0.25) is 0 Å². The zero-order valence-electron chi connectivity index (χ0n) is 22.8. The minimum absolute atomic E-state index is 0.536. The van der Waals surface area contributed by atoms with E-state index in [1.807, 2.05) is 0 Å². The first-order valence-electron chi connectivity index (χ1n) is 13.2. The quantitative estimate of drug-likeness (QED) is 0.127. The van der Waals surface area contributed by atoms with Crippen LogP contribution in [0.15, 0.2) is 54.7 Å². The van der Waals surface area contributed by atoms with E-state index in [0.29, 0.717) is 5.92 Å². The molecule has 0 saturated carbocycles. The number of aromatic nitrogens is 1. The van der Waals surface area contributed by atoms with Crippen molar-refractivity contribution in [3.8, 4) is 22.8 Å². The fraction of sp³-hybridized carbons (Fsp3) is 0.303. The van der Waals surface area contributed by atoms with E-state index in [2.05, 4.69) is 111 Å². The van der Waals surface area contributed by atoms with Crippen LogP contribution in [0.5, 0.6) is 11.5 Å². The predicted molar refractivity (Wildman–Crippen MR) is 157 cm³/mol. The fourth-order valence-corrected chi connectivity index (χ4v) is 8.50. The van der Waals surface area contributed by atoms with E-state index in [0.717, 1.165) is 17.9 Å². The molecule has 0 amide bonds. The summed E-state index contributed by atoms with van der Waals surface area (Å²) in [5, 5.41) is 7.79. The van der Waals surface area contributed by atoms with Crippen LogP contribution in [0.3, 0.4) is 0 Å². The van der Waals surface area contributed by atoms with E-state index in [9.17, 15) is 0 Å². The summed E-state index contributed by atoms with van der Waals surface area (Å²) < 4.78 is 10.8. The summed E-state index contributed by atoms with van der Waals surface area (Å²) in [4.78, 5) is 0. The van der Waals surface area contributed by atoms with E-state index in [1.165, 1.54) is 64.7 Å². The second-order valence-corrected chi connectivity index (χ2v) is 22.8. The number of hydrogen-bond donors (Lipinski definition) is 0. The summed E-state index contributed by atoms with van der Waals surface area (Å²) in [5.74, 6) is 9.97. The van der Waals surface area contributed by atoms with E-state index in [-0.39, 0.29) is 0 Å². The molecule has 0 spiro atoms. The monoisotopic (exact) mass is 536 g/mol. The standard InChI is InChI=1S/C33H36GeNO/c1-19(2)15-28-25-11-9-20(3)16-27(25)21(4)30-32-31-26(13-14-35(32)8)24-12-10-23(34(5,6)7)17-22(24)18-29(31)36-33(28)30/h9-14,16-19H,15H2,1-8H3/q+1. The third-order valence-electron chi connectivity index (χ3n) is 7.91. The van der Waals surface area contributed by atoms with Crippen molar-refractivity contribution in [1.82, 2.24) is 0 Å². The van der Waals surface area contributed by atoms with Gasteiger partial charge in [-0.1, -0.05) is 0 Å². The molecule has 0 fully saturated rings. The molecule has 5 aromatic rings. The summed E-state index contributed by atoms with van der Waals surface area (Å²) in [6.45, 7) is 9.07. The van der Waals surface area contributed by atoms with Gasteiger partial charge in [0.25, 0.3) is 0 Å². The number of nitrogens with zero attached hydrogens (tertiary/aromatic N) is 1. The Hall–Kier alpha value is -2.85. The van der Waals surface area contributed by atoms with Crippen LogP contribution in [0.4, 0.5) is 0 Å². The molecule has 0 aliphatic carbocycles. The van der Waals surface area contributed by atoms with Crippen molar-refractivity contribution in [3.05, 3.63) is 71.4 Å². The first-order chi connectivity index (χ1) is 17.0. The molecule has 1 aliphatic rings. The van der Waals surface area contributed by atoms with Crippen LogP contribution >= 0.6 is 0 Å². The third kappa shape index (κ3) is 3.48. The van der Waals surface area contributed by atoms with Gasteiger partial charge in [-0.25, -0.2) is 0 Å². The summed E-state index contributed by atoms with van der Waals surface area (Å²) in [7, 11) is 2.18. The Morgan fingerprint density at radius 2 is 1.61 bits per heavy atom. The molecule has 0 atom stereocenters. The van der Waals surface area contributed by atoms with Crippen LogP contribution in [-0.4, -0.2) is 13.3 Å². The Morgan fingerprint density at radius 3 is 2.33 bits per heavy atom. The van der Waals surface area contributed by atoms with Gasteiger partial charge in [-0.05, 0) is 6.92 Å². The van der Waals surface area contributed by atoms with Gasteiger partial charge in [0.1, 0.15) is 0 Å². The van der Waals surface area contributed by atoms with E-state index in [4.69, 9.17) is 4.74 Å². The molecule has 0 N–H and O–H groups in total. The maximum atomic E-state index is 6.99. The molecule has 1 aromatic heterocycles. The molecular formula is C33H36GeNO+. The van der Waals surface area contributed by atoms with Gasteiger partial charge < -0.3 is 0 Å². The molecule has 182 valence electrons. The van der Waals surface area contributed by atoms with Crippen molar-refractivity contribution >= 4 is 50.0 Å². The number of rotatable bonds is 3. The molecule has 6 rings (SSSR count). The predicted octanol–water partition coefficient (Wildman–Crippen LogP) is 8.10. The molecule has 0 unspecified atom stereocenters. The Morgan fingerprint density at radius 1 is 0.861 bits per heavy atom. The van der Waals surface area contributed by atoms with Crippen molar-refractivity contribution in [3.63, 3.8) is 0 Å². The van der Waals surface area contributed by atoms with Crippen LogP contribution in [0.1, 0.15) is 30.5 Å². The van der Waals surface area contributed by atoms with Gasteiger partial charge >= 0.3 is 211 Å². The second-order valence-electron chi connectivity index (χ2n) is 12.2.